The maximum Gasteiger partial charge on any atom is 0.340 e. The Bertz CT molecular complexity index is 765. The highest BCUT2D eigenvalue weighted by atomic mass is 32.2. The lowest BCUT2D eigenvalue weighted by atomic mass is 10.1. The summed E-state index contributed by atoms with van der Waals surface area (Å²) in [6.45, 7) is 3.63. The van der Waals surface area contributed by atoms with Gasteiger partial charge in [-0.05, 0) is 31.0 Å². The van der Waals surface area contributed by atoms with Crippen molar-refractivity contribution in [1.29, 1.82) is 0 Å². The summed E-state index contributed by atoms with van der Waals surface area (Å²) in [6, 6.07) is 5.17. The van der Waals surface area contributed by atoms with Gasteiger partial charge in [-0.2, -0.15) is 13.5 Å². The summed E-state index contributed by atoms with van der Waals surface area (Å²) < 4.78 is 26.8. The van der Waals surface area contributed by atoms with E-state index in [0.717, 1.165) is 17.3 Å². The van der Waals surface area contributed by atoms with Gasteiger partial charge in [0.2, 0.25) is 0 Å². The second-order valence-electron chi connectivity index (χ2n) is 4.27. The van der Waals surface area contributed by atoms with Gasteiger partial charge >= 0.3 is 5.97 Å². The molecule has 2 rings (SSSR count). The Morgan fingerprint density at radius 2 is 2.05 bits per heavy atom. The first-order valence-corrected chi connectivity index (χ1v) is 7.17. The van der Waals surface area contributed by atoms with Crippen molar-refractivity contribution in [3.8, 4) is 0 Å². The van der Waals surface area contributed by atoms with E-state index in [-0.39, 0.29) is 0 Å². The molecule has 0 saturated heterocycles. The first-order chi connectivity index (χ1) is 9.33. The second-order valence-corrected chi connectivity index (χ2v) is 5.89. The molecule has 1 aromatic carbocycles. The molecule has 1 heterocycles. The van der Waals surface area contributed by atoms with Crippen LogP contribution < -0.4 is 4.72 Å². The summed E-state index contributed by atoms with van der Waals surface area (Å²) in [5.74, 6) is -1.36. The minimum atomic E-state index is -4.03. The average Bonchev–Trinajstić information content (AvgIpc) is 2.85. The molecule has 20 heavy (non-hydrogen) atoms. The number of H-pyrrole nitrogens is 1. The third kappa shape index (κ3) is 2.50. The molecule has 0 bridgehead atoms. The Morgan fingerprint density at radius 1 is 1.35 bits per heavy atom. The van der Waals surface area contributed by atoms with Crippen LogP contribution in [0.25, 0.3) is 0 Å². The van der Waals surface area contributed by atoms with Gasteiger partial charge in [-0.15, -0.1) is 0 Å². The summed E-state index contributed by atoms with van der Waals surface area (Å²) in [7, 11) is -4.03. The summed E-state index contributed by atoms with van der Waals surface area (Å²) in [6.07, 6.45) is 0.958. The van der Waals surface area contributed by atoms with Crippen molar-refractivity contribution in [2.24, 2.45) is 0 Å². The lowest BCUT2D eigenvalue weighted by Gasteiger charge is -2.11. The van der Waals surface area contributed by atoms with Crippen LogP contribution in [-0.2, 0) is 10.0 Å². The second kappa shape index (κ2) is 4.97. The number of aromatic carboxylic acids is 1. The molecule has 1 aromatic heterocycles. The van der Waals surface area contributed by atoms with Gasteiger partial charge in [0.05, 0.1) is 11.9 Å². The zero-order valence-electron chi connectivity index (χ0n) is 10.8. The highest BCUT2D eigenvalue weighted by Crippen LogP contribution is 2.22. The number of nitrogens with zero attached hydrogens (tertiary/aromatic N) is 1. The fourth-order valence-electron chi connectivity index (χ4n) is 1.69. The van der Waals surface area contributed by atoms with Gasteiger partial charge in [0.1, 0.15) is 5.56 Å². The molecule has 7 nitrogen and oxygen atoms in total. The number of hydrogen-bond donors (Lipinski definition) is 3. The number of aryl methyl sites for hydroxylation is 1. The Hall–Kier alpha value is -2.35. The molecular formula is C12H13N3O4S. The monoisotopic (exact) mass is 295 g/mol. The summed E-state index contributed by atoms with van der Waals surface area (Å²) in [5.41, 5.74) is 1.69. The molecule has 0 radical (unpaired) electrons. The predicted molar refractivity (Wildman–Crippen MR) is 72.3 cm³/mol. The molecule has 0 fully saturated rings. The highest BCUT2D eigenvalue weighted by Gasteiger charge is 2.25. The van der Waals surface area contributed by atoms with Crippen LogP contribution in [0.5, 0.6) is 0 Å². The third-order valence-corrected chi connectivity index (χ3v) is 4.29. The molecule has 0 atom stereocenters. The molecule has 0 aliphatic carbocycles. The largest absolute Gasteiger partial charge is 0.478 e. The molecule has 0 amide bonds. The van der Waals surface area contributed by atoms with Gasteiger partial charge in [0.25, 0.3) is 10.0 Å². The third-order valence-electron chi connectivity index (χ3n) is 2.95. The first-order valence-electron chi connectivity index (χ1n) is 5.68. The van der Waals surface area contributed by atoms with E-state index in [9.17, 15) is 13.2 Å². The van der Waals surface area contributed by atoms with E-state index in [1.165, 1.54) is 0 Å². The van der Waals surface area contributed by atoms with E-state index in [0.29, 0.717) is 5.69 Å². The summed E-state index contributed by atoms with van der Waals surface area (Å²) in [4.78, 5) is 11.0. The SMILES string of the molecule is Cc1cccc(NS(=O)(=O)c2[nH]ncc2C(=O)O)c1C. The number of aromatic amines is 1. The van der Waals surface area contributed by atoms with Crippen LogP contribution in [-0.4, -0.2) is 29.7 Å². The van der Waals surface area contributed by atoms with E-state index >= 15 is 0 Å². The van der Waals surface area contributed by atoms with Gasteiger partial charge in [-0.25, -0.2) is 4.79 Å². The fourth-order valence-corrected chi connectivity index (χ4v) is 2.90. The standard InChI is InChI=1S/C12H13N3O4S/c1-7-4-3-5-10(8(7)2)15-20(18,19)11-9(12(16)17)6-13-14-11/h3-6,15H,1-2H3,(H,13,14)(H,16,17). The summed E-state index contributed by atoms with van der Waals surface area (Å²) >= 11 is 0. The van der Waals surface area contributed by atoms with Crippen molar-refractivity contribution in [2.75, 3.05) is 4.72 Å². The molecular weight excluding hydrogens is 282 g/mol. The lowest BCUT2D eigenvalue weighted by Crippen LogP contribution is -2.17. The van der Waals surface area contributed by atoms with Crippen molar-refractivity contribution in [1.82, 2.24) is 10.2 Å². The molecule has 8 heteroatoms. The van der Waals surface area contributed by atoms with Crippen LogP contribution in [0.2, 0.25) is 0 Å². The van der Waals surface area contributed by atoms with Crippen molar-refractivity contribution < 1.29 is 18.3 Å². The van der Waals surface area contributed by atoms with Crippen molar-refractivity contribution in [2.45, 2.75) is 18.9 Å². The van der Waals surface area contributed by atoms with Gasteiger partial charge in [0.15, 0.2) is 5.03 Å². The van der Waals surface area contributed by atoms with E-state index in [4.69, 9.17) is 5.11 Å². The quantitative estimate of drug-likeness (QED) is 0.791. The first kappa shape index (κ1) is 14.1. The number of carboxylic acids is 1. The highest BCUT2D eigenvalue weighted by molar-refractivity contribution is 7.92. The van der Waals surface area contributed by atoms with Crippen LogP contribution in [0, 0.1) is 13.8 Å². The minimum Gasteiger partial charge on any atom is -0.478 e. The number of anilines is 1. The average molecular weight is 295 g/mol. The number of rotatable bonds is 4. The Kier molecular flexibility index (Phi) is 3.49. The van der Waals surface area contributed by atoms with Crippen molar-refractivity contribution in [3.63, 3.8) is 0 Å². The zero-order valence-corrected chi connectivity index (χ0v) is 11.7. The van der Waals surface area contributed by atoms with E-state index in [1.807, 2.05) is 13.0 Å². The topological polar surface area (TPSA) is 112 Å². The van der Waals surface area contributed by atoms with E-state index < -0.39 is 26.6 Å². The Balaban J connectivity index is 2.44. The zero-order chi connectivity index (χ0) is 14.9. The normalized spacial score (nSPS) is 11.3. The molecule has 2 aromatic rings. The molecule has 0 spiro atoms. The predicted octanol–water partition coefficient (Wildman–Crippen LogP) is 1.53. The van der Waals surface area contributed by atoms with Crippen LogP contribution in [0.1, 0.15) is 21.5 Å². The minimum absolute atomic E-state index is 0.399. The molecule has 0 aliphatic rings. The number of carboxylic acid groups (broad SMARTS) is 1. The van der Waals surface area contributed by atoms with Gasteiger partial charge in [-0.1, -0.05) is 12.1 Å². The maximum absolute atomic E-state index is 12.2. The van der Waals surface area contributed by atoms with Gasteiger partial charge < -0.3 is 5.11 Å². The smallest absolute Gasteiger partial charge is 0.340 e. The number of hydrogen-bond acceptors (Lipinski definition) is 4. The number of nitrogens with one attached hydrogen (secondary N) is 2. The number of benzene rings is 1. The van der Waals surface area contributed by atoms with Gasteiger partial charge in [-0.3, -0.25) is 9.82 Å². The van der Waals surface area contributed by atoms with Crippen LogP contribution >= 0.6 is 0 Å². The number of sulfonamides is 1. The number of aromatic nitrogens is 2. The van der Waals surface area contributed by atoms with E-state index in [1.54, 1.807) is 19.1 Å². The molecule has 0 saturated carbocycles. The maximum atomic E-state index is 12.2. The van der Waals surface area contributed by atoms with Crippen LogP contribution in [0.15, 0.2) is 29.4 Å². The van der Waals surface area contributed by atoms with Crippen molar-refractivity contribution in [3.05, 3.63) is 41.1 Å². The fraction of sp³-hybridized carbons (Fsp3) is 0.167. The van der Waals surface area contributed by atoms with E-state index in [2.05, 4.69) is 14.9 Å². The molecule has 106 valence electrons. The Morgan fingerprint density at radius 3 is 2.70 bits per heavy atom. The molecule has 0 unspecified atom stereocenters. The van der Waals surface area contributed by atoms with Gasteiger partial charge in [0, 0.05) is 0 Å². The molecule has 0 aliphatic heterocycles. The van der Waals surface area contributed by atoms with Crippen LogP contribution in [0.3, 0.4) is 0 Å². The number of carbonyl (C=O) groups is 1. The lowest BCUT2D eigenvalue weighted by molar-refractivity contribution is 0.0692. The van der Waals surface area contributed by atoms with Crippen LogP contribution in [0.4, 0.5) is 5.69 Å². The summed E-state index contributed by atoms with van der Waals surface area (Å²) in [5, 5.41) is 14.1. The Labute approximate surface area is 115 Å². The molecule has 3 N–H and O–H groups in total. The van der Waals surface area contributed by atoms with Crippen molar-refractivity contribution >= 4 is 21.7 Å².